The van der Waals surface area contributed by atoms with Crippen molar-refractivity contribution in [3.63, 3.8) is 0 Å². The smallest absolute Gasteiger partial charge is 0.0641 e. The van der Waals surface area contributed by atoms with Gasteiger partial charge in [-0.05, 0) is 35.7 Å². The molecule has 11 heavy (non-hydrogen) atoms. The molecule has 1 saturated carbocycles. The minimum absolute atomic E-state index is 0.277. The summed E-state index contributed by atoms with van der Waals surface area (Å²) in [6.45, 7) is 4.94. The second-order valence-electron chi connectivity index (χ2n) is 4.48. The fourth-order valence-corrected chi connectivity index (χ4v) is 2.48. The summed E-state index contributed by atoms with van der Waals surface area (Å²) in [5, 5.41) is 8.93. The van der Waals surface area contributed by atoms with E-state index in [1.165, 1.54) is 12.0 Å². The highest BCUT2D eigenvalue weighted by Crippen LogP contribution is 2.63. The van der Waals surface area contributed by atoms with Crippen molar-refractivity contribution in [3.8, 4) is 0 Å². The molecule has 0 spiro atoms. The van der Waals surface area contributed by atoms with Crippen molar-refractivity contribution < 1.29 is 5.11 Å². The normalized spacial score (nSPS) is 39.4. The Morgan fingerprint density at radius 3 is 2.91 bits per heavy atom. The second kappa shape index (κ2) is 2.10. The molecule has 1 fully saturated rings. The van der Waals surface area contributed by atoms with Gasteiger partial charge in [0.15, 0.2) is 0 Å². The molecule has 0 aromatic rings. The van der Waals surface area contributed by atoms with Crippen LogP contribution in [0.4, 0.5) is 0 Å². The van der Waals surface area contributed by atoms with Crippen LogP contribution in [0, 0.1) is 17.3 Å². The van der Waals surface area contributed by atoms with Crippen LogP contribution in [0.5, 0.6) is 0 Å². The first kappa shape index (κ1) is 7.35. The van der Waals surface area contributed by atoms with Gasteiger partial charge in [0.05, 0.1) is 6.61 Å². The van der Waals surface area contributed by atoms with E-state index in [9.17, 15) is 0 Å². The van der Waals surface area contributed by atoms with Crippen molar-refractivity contribution in [3.05, 3.63) is 11.6 Å². The summed E-state index contributed by atoms with van der Waals surface area (Å²) in [6, 6.07) is 0. The standard InChI is InChI=1S/C10H16O/c1-10(2)8-4-3-7(6-11)5-9(8)10/h5,8-9,11H,3-4,6H2,1-2H3/t8-,9?/m0/s1. The zero-order chi connectivity index (χ0) is 8.06. The first-order valence-electron chi connectivity index (χ1n) is 4.46. The average Bonchev–Trinajstić information content (AvgIpc) is 2.55. The molecular formula is C10H16O. The van der Waals surface area contributed by atoms with Crippen LogP contribution < -0.4 is 0 Å². The number of fused-ring (bicyclic) bond motifs is 1. The first-order chi connectivity index (χ1) is 5.16. The van der Waals surface area contributed by atoms with Gasteiger partial charge in [-0.15, -0.1) is 0 Å². The SMILES string of the molecule is CC1(C)C2C=C(CO)CC[C@@H]21. The zero-order valence-electron chi connectivity index (χ0n) is 7.30. The maximum atomic E-state index is 8.93. The van der Waals surface area contributed by atoms with Crippen LogP contribution in [-0.4, -0.2) is 11.7 Å². The van der Waals surface area contributed by atoms with Gasteiger partial charge in [-0.25, -0.2) is 0 Å². The lowest BCUT2D eigenvalue weighted by atomic mass is 10.0. The molecule has 1 unspecified atom stereocenters. The van der Waals surface area contributed by atoms with Gasteiger partial charge >= 0.3 is 0 Å². The highest BCUT2D eigenvalue weighted by atomic mass is 16.3. The Hall–Kier alpha value is -0.300. The molecule has 2 atom stereocenters. The minimum Gasteiger partial charge on any atom is -0.392 e. The number of hydrogen-bond donors (Lipinski definition) is 1. The molecule has 0 amide bonds. The van der Waals surface area contributed by atoms with Gasteiger partial charge in [0.2, 0.25) is 0 Å². The van der Waals surface area contributed by atoms with E-state index < -0.39 is 0 Å². The van der Waals surface area contributed by atoms with E-state index in [0.717, 1.165) is 18.3 Å². The molecule has 1 N–H and O–H groups in total. The summed E-state index contributed by atoms with van der Waals surface area (Å²) in [6.07, 6.45) is 4.72. The minimum atomic E-state index is 0.277. The Labute approximate surface area is 68.1 Å². The van der Waals surface area contributed by atoms with Gasteiger partial charge in [0.25, 0.3) is 0 Å². The Bertz CT molecular complexity index is 203. The summed E-state index contributed by atoms with van der Waals surface area (Å²) in [7, 11) is 0. The molecule has 2 rings (SSSR count). The average molecular weight is 152 g/mol. The van der Waals surface area contributed by atoms with Crippen LogP contribution in [0.2, 0.25) is 0 Å². The lowest BCUT2D eigenvalue weighted by Crippen LogP contribution is -1.97. The van der Waals surface area contributed by atoms with Crippen molar-refractivity contribution in [2.45, 2.75) is 26.7 Å². The Morgan fingerprint density at radius 2 is 2.36 bits per heavy atom. The third kappa shape index (κ3) is 0.943. The molecule has 1 heteroatoms. The van der Waals surface area contributed by atoms with Crippen molar-refractivity contribution in [1.29, 1.82) is 0 Å². The summed E-state index contributed by atoms with van der Waals surface area (Å²) in [5.74, 6) is 1.69. The van der Waals surface area contributed by atoms with Crippen LogP contribution >= 0.6 is 0 Å². The van der Waals surface area contributed by atoms with Gasteiger partial charge in [0.1, 0.15) is 0 Å². The zero-order valence-corrected chi connectivity index (χ0v) is 7.30. The van der Waals surface area contributed by atoms with Gasteiger partial charge in [-0.3, -0.25) is 0 Å². The van der Waals surface area contributed by atoms with Gasteiger partial charge < -0.3 is 5.11 Å². The molecule has 0 bridgehead atoms. The molecule has 1 nitrogen and oxygen atoms in total. The number of aliphatic hydroxyl groups is 1. The third-order valence-corrected chi connectivity index (χ3v) is 3.53. The number of hydrogen-bond acceptors (Lipinski definition) is 1. The van der Waals surface area contributed by atoms with E-state index >= 15 is 0 Å². The van der Waals surface area contributed by atoms with Gasteiger partial charge in [-0.2, -0.15) is 0 Å². The number of aliphatic hydroxyl groups excluding tert-OH is 1. The summed E-state index contributed by atoms with van der Waals surface area (Å²) in [4.78, 5) is 0. The Balaban J connectivity index is 2.13. The fourth-order valence-electron chi connectivity index (χ4n) is 2.48. The highest BCUT2D eigenvalue weighted by Gasteiger charge is 2.56. The highest BCUT2D eigenvalue weighted by molar-refractivity contribution is 5.23. The van der Waals surface area contributed by atoms with E-state index in [-0.39, 0.29) is 6.61 Å². The monoisotopic (exact) mass is 152 g/mol. The van der Waals surface area contributed by atoms with E-state index in [1.807, 2.05) is 0 Å². The molecule has 0 aromatic carbocycles. The van der Waals surface area contributed by atoms with E-state index in [1.54, 1.807) is 0 Å². The fraction of sp³-hybridized carbons (Fsp3) is 0.800. The number of rotatable bonds is 1. The Morgan fingerprint density at radius 1 is 1.64 bits per heavy atom. The predicted molar refractivity (Wildman–Crippen MR) is 45.2 cm³/mol. The largest absolute Gasteiger partial charge is 0.392 e. The molecule has 0 radical (unpaired) electrons. The van der Waals surface area contributed by atoms with E-state index in [4.69, 9.17) is 5.11 Å². The van der Waals surface area contributed by atoms with Gasteiger partial charge in [-0.1, -0.05) is 19.9 Å². The second-order valence-corrected chi connectivity index (χ2v) is 4.48. The summed E-state index contributed by atoms with van der Waals surface area (Å²) >= 11 is 0. The van der Waals surface area contributed by atoms with Gasteiger partial charge in [0, 0.05) is 0 Å². The molecule has 0 aliphatic heterocycles. The quantitative estimate of drug-likeness (QED) is 0.569. The maximum Gasteiger partial charge on any atom is 0.0641 e. The summed E-state index contributed by atoms with van der Waals surface area (Å²) in [5.41, 5.74) is 1.80. The van der Waals surface area contributed by atoms with Crippen LogP contribution in [0.1, 0.15) is 26.7 Å². The summed E-state index contributed by atoms with van der Waals surface area (Å²) < 4.78 is 0. The Kier molecular flexibility index (Phi) is 1.40. The first-order valence-corrected chi connectivity index (χ1v) is 4.46. The molecular weight excluding hydrogens is 136 g/mol. The van der Waals surface area contributed by atoms with Crippen LogP contribution in [0.15, 0.2) is 11.6 Å². The molecule has 2 aliphatic rings. The van der Waals surface area contributed by atoms with Crippen molar-refractivity contribution in [1.82, 2.24) is 0 Å². The molecule has 62 valence electrons. The van der Waals surface area contributed by atoms with Crippen molar-refractivity contribution in [2.24, 2.45) is 17.3 Å². The molecule has 2 aliphatic carbocycles. The van der Waals surface area contributed by atoms with Crippen molar-refractivity contribution in [2.75, 3.05) is 6.61 Å². The lowest BCUT2D eigenvalue weighted by Gasteiger charge is -2.07. The topological polar surface area (TPSA) is 20.2 Å². The molecule has 0 aromatic heterocycles. The van der Waals surface area contributed by atoms with Crippen LogP contribution in [0.25, 0.3) is 0 Å². The van der Waals surface area contributed by atoms with Crippen molar-refractivity contribution >= 4 is 0 Å². The third-order valence-electron chi connectivity index (χ3n) is 3.53. The number of allylic oxidation sites excluding steroid dienone is 1. The lowest BCUT2D eigenvalue weighted by molar-refractivity contribution is 0.322. The predicted octanol–water partition coefficient (Wildman–Crippen LogP) is 1.97. The van der Waals surface area contributed by atoms with E-state index in [0.29, 0.717) is 5.41 Å². The molecule has 0 heterocycles. The maximum absolute atomic E-state index is 8.93. The molecule has 0 saturated heterocycles. The van der Waals surface area contributed by atoms with Crippen LogP contribution in [-0.2, 0) is 0 Å². The van der Waals surface area contributed by atoms with Crippen LogP contribution in [0.3, 0.4) is 0 Å². The van der Waals surface area contributed by atoms with E-state index in [2.05, 4.69) is 19.9 Å².